The van der Waals surface area contributed by atoms with Gasteiger partial charge in [-0.2, -0.15) is 5.10 Å². The highest BCUT2D eigenvalue weighted by Crippen LogP contribution is 2.16. The van der Waals surface area contributed by atoms with Gasteiger partial charge in [0.2, 0.25) is 0 Å². The van der Waals surface area contributed by atoms with Crippen LogP contribution in [0.5, 0.6) is 0 Å². The van der Waals surface area contributed by atoms with Crippen molar-refractivity contribution in [3.8, 4) is 0 Å². The van der Waals surface area contributed by atoms with E-state index in [1.165, 1.54) is 0 Å². The third-order valence-electron chi connectivity index (χ3n) is 4.51. The fourth-order valence-corrected chi connectivity index (χ4v) is 3.25. The average molecular weight is 310 g/mol. The quantitative estimate of drug-likeness (QED) is 0.830. The molecule has 0 aliphatic carbocycles. The Balaban J connectivity index is 1.72. The fraction of sp³-hybridized carbons (Fsp3) is 0.867. The van der Waals surface area contributed by atoms with E-state index >= 15 is 0 Å². The van der Waals surface area contributed by atoms with E-state index in [4.69, 9.17) is 9.47 Å². The van der Waals surface area contributed by atoms with Crippen LogP contribution in [0.1, 0.15) is 25.6 Å². The van der Waals surface area contributed by atoms with Gasteiger partial charge in [-0.3, -0.25) is 4.57 Å². The van der Waals surface area contributed by atoms with Crippen molar-refractivity contribution in [3.63, 3.8) is 0 Å². The van der Waals surface area contributed by atoms with Gasteiger partial charge in [0.15, 0.2) is 0 Å². The molecule has 0 saturated carbocycles. The number of ether oxygens (including phenoxy) is 2. The number of aromatic nitrogens is 3. The minimum Gasteiger partial charge on any atom is -0.376 e. The van der Waals surface area contributed by atoms with Crippen molar-refractivity contribution in [2.75, 3.05) is 32.9 Å². The summed E-state index contributed by atoms with van der Waals surface area (Å²) in [5.74, 6) is 1.53. The summed E-state index contributed by atoms with van der Waals surface area (Å²) in [5, 5.41) is 7.96. The Labute approximate surface area is 130 Å². The largest absolute Gasteiger partial charge is 0.376 e. The van der Waals surface area contributed by atoms with E-state index in [9.17, 15) is 4.79 Å². The Kier molecular flexibility index (Phi) is 5.28. The van der Waals surface area contributed by atoms with Gasteiger partial charge in [-0.05, 0) is 38.8 Å². The van der Waals surface area contributed by atoms with E-state index in [0.29, 0.717) is 38.8 Å². The van der Waals surface area contributed by atoms with Crippen LogP contribution in [0.15, 0.2) is 4.79 Å². The lowest BCUT2D eigenvalue weighted by Gasteiger charge is -2.22. The predicted octanol–water partition coefficient (Wildman–Crippen LogP) is 0.0222. The molecule has 0 spiro atoms. The number of nitrogens with one attached hydrogen (secondary N) is 1. The molecule has 2 fully saturated rings. The molecule has 1 N–H and O–H groups in total. The first kappa shape index (κ1) is 15.7. The third-order valence-corrected chi connectivity index (χ3v) is 4.51. The molecule has 1 aromatic heterocycles. The molecule has 7 heteroatoms. The van der Waals surface area contributed by atoms with Crippen molar-refractivity contribution < 1.29 is 9.47 Å². The van der Waals surface area contributed by atoms with E-state index in [0.717, 1.165) is 38.2 Å². The molecule has 0 bridgehead atoms. The van der Waals surface area contributed by atoms with Crippen LogP contribution >= 0.6 is 0 Å². The minimum atomic E-state index is -0.0709. The molecule has 1 aromatic rings. The Morgan fingerprint density at radius 3 is 2.82 bits per heavy atom. The zero-order valence-corrected chi connectivity index (χ0v) is 13.3. The highest BCUT2D eigenvalue weighted by molar-refractivity contribution is 4.92. The van der Waals surface area contributed by atoms with Crippen molar-refractivity contribution in [2.24, 2.45) is 5.92 Å². The van der Waals surface area contributed by atoms with Crippen LogP contribution in [0.3, 0.4) is 0 Å². The van der Waals surface area contributed by atoms with E-state index in [-0.39, 0.29) is 11.8 Å². The molecule has 3 heterocycles. The lowest BCUT2D eigenvalue weighted by atomic mass is 9.94. The number of hydrogen-bond acceptors (Lipinski definition) is 5. The van der Waals surface area contributed by atoms with Crippen LogP contribution in [0.2, 0.25) is 0 Å². The van der Waals surface area contributed by atoms with Crippen molar-refractivity contribution >= 4 is 0 Å². The van der Waals surface area contributed by atoms with Gasteiger partial charge in [0.1, 0.15) is 11.9 Å². The van der Waals surface area contributed by atoms with Gasteiger partial charge in [0.05, 0.1) is 26.4 Å². The first-order chi connectivity index (χ1) is 10.8. The Morgan fingerprint density at radius 1 is 1.32 bits per heavy atom. The average Bonchev–Trinajstić information content (AvgIpc) is 2.84. The Morgan fingerprint density at radius 2 is 2.14 bits per heavy atom. The molecular weight excluding hydrogens is 284 g/mol. The van der Waals surface area contributed by atoms with Gasteiger partial charge >= 0.3 is 5.69 Å². The normalized spacial score (nSPS) is 23.8. The van der Waals surface area contributed by atoms with Crippen molar-refractivity contribution in [2.45, 2.75) is 45.4 Å². The van der Waals surface area contributed by atoms with Crippen LogP contribution in [0, 0.1) is 5.92 Å². The minimum absolute atomic E-state index is 0.0272. The van der Waals surface area contributed by atoms with Gasteiger partial charge < -0.3 is 14.8 Å². The van der Waals surface area contributed by atoms with Gasteiger partial charge in [-0.15, -0.1) is 0 Å². The summed E-state index contributed by atoms with van der Waals surface area (Å²) in [4.78, 5) is 12.5. The molecule has 0 unspecified atom stereocenters. The molecule has 7 nitrogen and oxygen atoms in total. The predicted molar refractivity (Wildman–Crippen MR) is 82.0 cm³/mol. The second kappa shape index (κ2) is 7.39. The summed E-state index contributed by atoms with van der Waals surface area (Å²) in [6.07, 6.45) is 3.13. The summed E-state index contributed by atoms with van der Waals surface area (Å²) < 4.78 is 14.4. The highest BCUT2D eigenvalue weighted by Gasteiger charge is 2.22. The molecule has 2 saturated heterocycles. The summed E-state index contributed by atoms with van der Waals surface area (Å²) in [7, 11) is 0. The van der Waals surface area contributed by atoms with Gasteiger partial charge in [0.25, 0.3) is 0 Å². The second-order valence-electron chi connectivity index (χ2n) is 6.09. The molecule has 3 rings (SSSR count). The summed E-state index contributed by atoms with van der Waals surface area (Å²) in [5.41, 5.74) is -0.0272. The summed E-state index contributed by atoms with van der Waals surface area (Å²) in [6, 6.07) is 0. The van der Waals surface area contributed by atoms with Gasteiger partial charge in [-0.25, -0.2) is 9.48 Å². The standard InChI is InChI=1S/C15H26N4O3/c1-2-18-14(9-12-3-5-16-6-4-12)17-19(15(18)20)10-13-11-21-7-8-22-13/h12-13,16H,2-11H2,1H3/t13-/m1/s1. The lowest BCUT2D eigenvalue weighted by Crippen LogP contribution is -2.36. The van der Waals surface area contributed by atoms with Crippen molar-refractivity contribution in [1.29, 1.82) is 0 Å². The second-order valence-corrected chi connectivity index (χ2v) is 6.09. The first-order valence-electron chi connectivity index (χ1n) is 8.34. The van der Waals surface area contributed by atoms with Crippen LogP contribution in [-0.2, 0) is 29.0 Å². The summed E-state index contributed by atoms with van der Waals surface area (Å²) >= 11 is 0. The lowest BCUT2D eigenvalue weighted by molar-refractivity contribution is -0.0950. The van der Waals surface area contributed by atoms with E-state index in [2.05, 4.69) is 10.4 Å². The molecule has 0 amide bonds. The Bertz CT molecular complexity index is 527. The van der Waals surface area contributed by atoms with Crippen LogP contribution in [0.4, 0.5) is 0 Å². The summed E-state index contributed by atoms with van der Waals surface area (Å²) in [6.45, 7) is 7.04. The van der Waals surface area contributed by atoms with E-state index in [1.807, 2.05) is 6.92 Å². The zero-order chi connectivity index (χ0) is 15.4. The van der Waals surface area contributed by atoms with E-state index in [1.54, 1.807) is 9.25 Å². The van der Waals surface area contributed by atoms with Crippen molar-refractivity contribution in [3.05, 3.63) is 16.3 Å². The number of rotatable bonds is 5. The van der Waals surface area contributed by atoms with Crippen LogP contribution < -0.4 is 11.0 Å². The number of piperidine rings is 1. The maximum absolute atomic E-state index is 12.5. The molecule has 0 radical (unpaired) electrons. The highest BCUT2D eigenvalue weighted by atomic mass is 16.6. The molecule has 22 heavy (non-hydrogen) atoms. The topological polar surface area (TPSA) is 70.3 Å². The first-order valence-corrected chi connectivity index (χ1v) is 8.34. The maximum Gasteiger partial charge on any atom is 0.345 e. The molecule has 0 aromatic carbocycles. The van der Waals surface area contributed by atoms with Crippen LogP contribution in [0.25, 0.3) is 0 Å². The van der Waals surface area contributed by atoms with Crippen molar-refractivity contribution in [1.82, 2.24) is 19.7 Å². The third kappa shape index (κ3) is 3.59. The van der Waals surface area contributed by atoms with Gasteiger partial charge in [-0.1, -0.05) is 0 Å². The fourth-order valence-electron chi connectivity index (χ4n) is 3.25. The molecule has 2 aliphatic heterocycles. The monoisotopic (exact) mass is 310 g/mol. The molecule has 2 aliphatic rings. The molecule has 124 valence electrons. The SMILES string of the molecule is CCn1c(CC2CCNCC2)nn(C[C@@H]2COCCO2)c1=O. The number of hydrogen-bond donors (Lipinski definition) is 1. The van der Waals surface area contributed by atoms with Gasteiger partial charge in [0, 0.05) is 13.0 Å². The van der Waals surface area contributed by atoms with Crippen LogP contribution in [-0.4, -0.2) is 53.4 Å². The molecule has 1 atom stereocenters. The zero-order valence-electron chi connectivity index (χ0n) is 13.3. The maximum atomic E-state index is 12.5. The van der Waals surface area contributed by atoms with E-state index < -0.39 is 0 Å². The smallest absolute Gasteiger partial charge is 0.345 e. The number of nitrogens with zero attached hydrogens (tertiary/aromatic N) is 3. The molecular formula is C15H26N4O3. The Hall–Kier alpha value is -1.18.